The first-order valence-electron chi connectivity index (χ1n) is 8.53. The van der Waals surface area contributed by atoms with Crippen molar-refractivity contribution in [3.63, 3.8) is 0 Å². The van der Waals surface area contributed by atoms with E-state index in [9.17, 15) is 14.7 Å². The second kappa shape index (κ2) is 5.70. The van der Waals surface area contributed by atoms with E-state index >= 15 is 0 Å². The molecule has 2 N–H and O–H groups in total. The van der Waals surface area contributed by atoms with Gasteiger partial charge in [0.05, 0.1) is 5.54 Å². The number of para-hydroxylation sites is 1. The number of amides is 2. The van der Waals surface area contributed by atoms with Crippen molar-refractivity contribution in [2.75, 3.05) is 11.4 Å². The van der Waals surface area contributed by atoms with Gasteiger partial charge < -0.3 is 15.3 Å². The van der Waals surface area contributed by atoms with Crippen LogP contribution >= 0.6 is 0 Å². The highest BCUT2D eigenvalue weighted by molar-refractivity contribution is 6.16. The third-order valence-corrected chi connectivity index (χ3v) is 5.17. The third kappa shape index (κ3) is 2.61. The van der Waals surface area contributed by atoms with Gasteiger partial charge >= 0.3 is 0 Å². The van der Waals surface area contributed by atoms with E-state index in [0.29, 0.717) is 12.2 Å². The van der Waals surface area contributed by atoms with E-state index in [1.807, 2.05) is 48.5 Å². The fourth-order valence-corrected chi connectivity index (χ4v) is 3.46. The molecule has 0 bridgehead atoms. The lowest BCUT2D eigenvalue weighted by atomic mass is 9.98. The highest BCUT2D eigenvalue weighted by atomic mass is 16.3. The Morgan fingerprint density at radius 1 is 0.960 bits per heavy atom. The molecular weight excluding hydrogens is 316 g/mol. The van der Waals surface area contributed by atoms with E-state index in [1.165, 1.54) is 4.90 Å². The lowest BCUT2D eigenvalue weighted by Crippen LogP contribution is -2.55. The maximum absolute atomic E-state index is 12.8. The van der Waals surface area contributed by atoms with Crippen molar-refractivity contribution in [1.82, 2.24) is 5.32 Å². The molecule has 1 saturated heterocycles. The molecule has 0 spiro atoms. The Bertz CT molecular complexity index is 802. The molecule has 5 heteroatoms. The standard InChI is InChI=1S/C20H20N2O3/c23-17(21-19(11-12-19)15-7-3-1-4-8-15)20(25)13-14-22(18(20)24)16-9-5-2-6-10-16/h1-10,25H,11-14H2,(H,21,23)/t20-/m0/s1. The van der Waals surface area contributed by atoms with Gasteiger partial charge in [-0.3, -0.25) is 9.59 Å². The minimum absolute atomic E-state index is 0.0947. The highest BCUT2D eigenvalue weighted by Crippen LogP contribution is 2.46. The number of carbonyl (C=O) groups excluding carboxylic acids is 2. The lowest BCUT2D eigenvalue weighted by Gasteiger charge is -2.25. The molecule has 2 fully saturated rings. The van der Waals surface area contributed by atoms with Crippen LogP contribution in [0.3, 0.4) is 0 Å². The van der Waals surface area contributed by atoms with Crippen LogP contribution < -0.4 is 10.2 Å². The Morgan fingerprint density at radius 2 is 1.56 bits per heavy atom. The van der Waals surface area contributed by atoms with Gasteiger partial charge in [-0.15, -0.1) is 0 Å². The number of carbonyl (C=O) groups is 2. The lowest BCUT2D eigenvalue weighted by molar-refractivity contribution is -0.150. The van der Waals surface area contributed by atoms with Crippen molar-refractivity contribution in [3.8, 4) is 0 Å². The van der Waals surface area contributed by atoms with Crippen molar-refractivity contribution >= 4 is 17.5 Å². The fraction of sp³-hybridized carbons (Fsp3) is 0.300. The summed E-state index contributed by atoms with van der Waals surface area (Å²) in [5.41, 5.74) is -0.743. The number of aliphatic hydroxyl groups is 1. The van der Waals surface area contributed by atoms with Gasteiger partial charge in [0.15, 0.2) is 0 Å². The van der Waals surface area contributed by atoms with Crippen LogP contribution in [0.2, 0.25) is 0 Å². The predicted octanol–water partition coefficient (Wildman–Crippen LogP) is 1.96. The number of hydrogen-bond acceptors (Lipinski definition) is 3. The summed E-state index contributed by atoms with van der Waals surface area (Å²) in [5.74, 6) is -1.16. The topological polar surface area (TPSA) is 69.6 Å². The van der Waals surface area contributed by atoms with Crippen LogP contribution in [0.1, 0.15) is 24.8 Å². The maximum Gasteiger partial charge on any atom is 0.268 e. The van der Waals surface area contributed by atoms with Gasteiger partial charge in [0.25, 0.3) is 11.8 Å². The number of nitrogens with zero attached hydrogens (tertiary/aromatic N) is 1. The average Bonchev–Trinajstić information content (AvgIpc) is 3.37. The highest BCUT2D eigenvalue weighted by Gasteiger charge is 2.55. The number of benzene rings is 2. The molecule has 1 heterocycles. The summed E-state index contributed by atoms with van der Waals surface area (Å²) in [6.07, 6.45) is 1.72. The number of hydrogen-bond donors (Lipinski definition) is 2. The molecule has 0 aromatic heterocycles. The van der Waals surface area contributed by atoms with Crippen molar-refractivity contribution in [2.45, 2.75) is 30.4 Å². The Labute approximate surface area is 146 Å². The van der Waals surface area contributed by atoms with Crippen molar-refractivity contribution in [3.05, 3.63) is 66.2 Å². The summed E-state index contributed by atoms with van der Waals surface area (Å²) in [6, 6.07) is 18.8. The van der Waals surface area contributed by atoms with Gasteiger partial charge in [0.1, 0.15) is 0 Å². The second-order valence-electron chi connectivity index (χ2n) is 6.80. The van der Waals surface area contributed by atoms with Crippen LogP contribution in [-0.4, -0.2) is 29.1 Å². The number of anilines is 1. The van der Waals surface area contributed by atoms with Crippen LogP contribution in [-0.2, 0) is 15.1 Å². The number of rotatable bonds is 4. The first-order valence-corrected chi connectivity index (χ1v) is 8.53. The van der Waals surface area contributed by atoms with Crippen LogP contribution in [0.15, 0.2) is 60.7 Å². The molecule has 1 saturated carbocycles. The van der Waals surface area contributed by atoms with Crippen molar-refractivity contribution in [2.24, 2.45) is 0 Å². The zero-order valence-electron chi connectivity index (χ0n) is 13.8. The van der Waals surface area contributed by atoms with Gasteiger partial charge in [-0.1, -0.05) is 48.5 Å². The second-order valence-corrected chi connectivity index (χ2v) is 6.80. The van der Waals surface area contributed by atoms with E-state index in [2.05, 4.69) is 5.32 Å². The van der Waals surface area contributed by atoms with Crippen molar-refractivity contribution < 1.29 is 14.7 Å². The fourth-order valence-electron chi connectivity index (χ4n) is 3.46. The van der Waals surface area contributed by atoms with E-state index in [-0.39, 0.29) is 6.42 Å². The monoisotopic (exact) mass is 336 g/mol. The van der Waals surface area contributed by atoms with Crippen LogP contribution in [0.4, 0.5) is 5.69 Å². The summed E-state index contributed by atoms with van der Waals surface area (Å²) in [6.45, 7) is 0.325. The molecule has 128 valence electrons. The van der Waals surface area contributed by atoms with Gasteiger partial charge in [-0.2, -0.15) is 0 Å². The number of nitrogens with one attached hydrogen (secondary N) is 1. The van der Waals surface area contributed by atoms with E-state index in [1.54, 1.807) is 12.1 Å². The molecule has 2 aromatic rings. The zero-order chi connectivity index (χ0) is 17.5. The van der Waals surface area contributed by atoms with Gasteiger partial charge in [-0.05, 0) is 30.5 Å². The predicted molar refractivity (Wildman–Crippen MR) is 93.9 cm³/mol. The molecule has 4 rings (SSSR count). The van der Waals surface area contributed by atoms with E-state index in [0.717, 1.165) is 18.4 Å². The molecule has 1 atom stereocenters. The zero-order valence-corrected chi connectivity index (χ0v) is 13.8. The summed E-state index contributed by atoms with van der Waals surface area (Å²) in [7, 11) is 0. The summed E-state index contributed by atoms with van der Waals surface area (Å²) >= 11 is 0. The van der Waals surface area contributed by atoms with E-state index in [4.69, 9.17) is 0 Å². The molecule has 1 aliphatic carbocycles. The van der Waals surface area contributed by atoms with Gasteiger partial charge in [0.2, 0.25) is 5.60 Å². The molecule has 2 amide bonds. The Balaban J connectivity index is 1.54. The Morgan fingerprint density at radius 3 is 2.16 bits per heavy atom. The first-order chi connectivity index (χ1) is 12.1. The Kier molecular flexibility index (Phi) is 3.62. The molecule has 1 aliphatic heterocycles. The average molecular weight is 336 g/mol. The molecule has 2 aromatic carbocycles. The largest absolute Gasteiger partial charge is 0.372 e. The molecule has 2 aliphatic rings. The minimum atomic E-state index is -2.00. The van der Waals surface area contributed by atoms with Crippen LogP contribution in [0.25, 0.3) is 0 Å². The van der Waals surface area contributed by atoms with E-state index < -0.39 is 23.0 Å². The quantitative estimate of drug-likeness (QED) is 0.839. The molecule has 25 heavy (non-hydrogen) atoms. The third-order valence-electron chi connectivity index (χ3n) is 5.17. The SMILES string of the molecule is O=C(NC1(c2ccccc2)CC1)[C@@]1(O)CCN(c2ccccc2)C1=O. The first kappa shape index (κ1) is 15.8. The minimum Gasteiger partial charge on any atom is -0.372 e. The summed E-state index contributed by atoms with van der Waals surface area (Å²) < 4.78 is 0. The summed E-state index contributed by atoms with van der Waals surface area (Å²) in [5, 5.41) is 13.7. The van der Waals surface area contributed by atoms with Crippen molar-refractivity contribution in [1.29, 1.82) is 0 Å². The maximum atomic E-state index is 12.8. The van der Waals surface area contributed by atoms with Crippen LogP contribution in [0, 0.1) is 0 Å². The summed E-state index contributed by atoms with van der Waals surface area (Å²) in [4.78, 5) is 27.0. The van der Waals surface area contributed by atoms with Gasteiger partial charge in [0, 0.05) is 18.7 Å². The molecule has 0 radical (unpaired) electrons. The van der Waals surface area contributed by atoms with Crippen LogP contribution in [0.5, 0.6) is 0 Å². The Hall–Kier alpha value is -2.66. The molecule has 0 unspecified atom stereocenters. The molecular formula is C20H20N2O3. The van der Waals surface area contributed by atoms with Gasteiger partial charge in [-0.25, -0.2) is 0 Å². The molecule has 5 nitrogen and oxygen atoms in total. The normalized spacial score (nSPS) is 24.2. The smallest absolute Gasteiger partial charge is 0.268 e.